The lowest BCUT2D eigenvalue weighted by Gasteiger charge is -2.13. The maximum absolute atomic E-state index is 12.3. The summed E-state index contributed by atoms with van der Waals surface area (Å²) in [5.41, 5.74) is 0.373. The van der Waals surface area contributed by atoms with Crippen molar-refractivity contribution in [2.24, 2.45) is 0 Å². The second-order valence-corrected chi connectivity index (χ2v) is 5.27. The number of carboxylic acid groups (broad SMARTS) is 1. The van der Waals surface area contributed by atoms with E-state index in [-0.39, 0.29) is 24.9 Å². The molecule has 2 N–H and O–H groups in total. The first-order chi connectivity index (χ1) is 11.5. The van der Waals surface area contributed by atoms with Gasteiger partial charge in [-0.3, -0.25) is 14.2 Å². The third kappa shape index (κ3) is 4.28. The molecule has 0 aliphatic rings. The third-order valence-corrected chi connectivity index (χ3v) is 3.55. The van der Waals surface area contributed by atoms with Gasteiger partial charge in [-0.25, -0.2) is 9.78 Å². The molecule has 2 aromatic rings. The number of carbonyl (C=O) groups is 2. The number of hydrogen-bond acceptors (Lipinski definition) is 4. The molecule has 24 heavy (non-hydrogen) atoms. The van der Waals surface area contributed by atoms with Crippen molar-refractivity contribution in [1.82, 2.24) is 14.9 Å². The van der Waals surface area contributed by atoms with Gasteiger partial charge in [0.25, 0.3) is 5.56 Å². The largest absolute Gasteiger partial charge is 0.480 e. The van der Waals surface area contributed by atoms with Crippen molar-refractivity contribution in [3.63, 3.8) is 0 Å². The number of carboxylic acids is 1. The first-order valence-electron chi connectivity index (χ1n) is 7.60. The lowest BCUT2D eigenvalue weighted by Crippen LogP contribution is -2.41. The van der Waals surface area contributed by atoms with Crippen LogP contribution in [0.25, 0.3) is 10.9 Å². The molecular formula is C17H19N3O4. The highest BCUT2D eigenvalue weighted by atomic mass is 16.4. The van der Waals surface area contributed by atoms with Gasteiger partial charge in [-0.1, -0.05) is 24.3 Å². The second-order valence-electron chi connectivity index (χ2n) is 5.27. The monoisotopic (exact) mass is 329 g/mol. The molecule has 1 amide bonds. The predicted molar refractivity (Wildman–Crippen MR) is 89.6 cm³/mol. The molecule has 1 aromatic heterocycles. The Morgan fingerprint density at radius 2 is 2.12 bits per heavy atom. The van der Waals surface area contributed by atoms with Gasteiger partial charge in [0, 0.05) is 13.0 Å². The summed E-state index contributed by atoms with van der Waals surface area (Å²) in [6.07, 6.45) is 5.01. The molecule has 0 spiro atoms. The summed E-state index contributed by atoms with van der Waals surface area (Å²) in [5.74, 6) is -1.52. The number of hydrogen-bond donors (Lipinski definition) is 2. The molecule has 126 valence electrons. The maximum Gasteiger partial charge on any atom is 0.326 e. The molecule has 7 nitrogen and oxygen atoms in total. The lowest BCUT2D eigenvalue weighted by molar-refractivity contribution is -0.141. The minimum atomic E-state index is -1.09. The lowest BCUT2D eigenvalue weighted by atomic mass is 10.2. The fourth-order valence-electron chi connectivity index (χ4n) is 2.25. The Morgan fingerprint density at radius 1 is 1.38 bits per heavy atom. The van der Waals surface area contributed by atoms with Crippen molar-refractivity contribution in [1.29, 1.82) is 0 Å². The van der Waals surface area contributed by atoms with Crippen LogP contribution in [0.1, 0.15) is 19.8 Å². The topological polar surface area (TPSA) is 101 Å². The number of nitrogens with one attached hydrogen (secondary N) is 1. The van der Waals surface area contributed by atoms with Crippen LogP contribution in [0.5, 0.6) is 0 Å². The standard InChI is InChI=1S/C17H19N3O4/c1-2-3-7-14(17(23)24)19-15(21)9-10-20-11-18-13-8-5-4-6-12(13)16(20)22/h2-6,8,11,14H,7,9-10H2,1H3,(H,19,21)(H,23,24)/b3-2+. The fourth-order valence-corrected chi connectivity index (χ4v) is 2.25. The Kier molecular flexibility index (Phi) is 5.83. The van der Waals surface area contributed by atoms with E-state index in [4.69, 9.17) is 5.11 Å². The Balaban J connectivity index is 2.02. The summed E-state index contributed by atoms with van der Waals surface area (Å²) in [6, 6.07) is 6.00. The fraction of sp³-hybridized carbons (Fsp3) is 0.294. The summed E-state index contributed by atoms with van der Waals surface area (Å²) < 4.78 is 1.35. The summed E-state index contributed by atoms with van der Waals surface area (Å²) >= 11 is 0. The highest BCUT2D eigenvalue weighted by Crippen LogP contribution is 2.05. The molecule has 0 saturated carbocycles. The SMILES string of the molecule is C/C=C/CC(NC(=O)CCn1cnc2ccccc2c1=O)C(=O)O. The molecule has 0 fully saturated rings. The van der Waals surface area contributed by atoms with Crippen molar-refractivity contribution >= 4 is 22.8 Å². The Morgan fingerprint density at radius 3 is 2.83 bits per heavy atom. The van der Waals surface area contributed by atoms with Crippen LogP contribution in [0, 0.1) is 0 Å². The van der Waals surface area contributed by atoms with Crippen molar-refractivity contribution in [3.8, 4) is 0 Å². The summed E-state index contributed by atoms with van der Waals surface area (Å²) in [5, 5.41) is 12.0. The van der Waals surface area contributed by atoms with Gasteiger partial charge < -0.3 is 10.4 Å². The maximum atomic E-state index is 12.3. The number of carbonyl (C=O) groups excluding carboxylic acids is 1. The molecule has 0 saturated heterocycles. The molecule has 0 radical (unpaired) electrons. The first kappa shape index (κ1) is 17.4. The number of allylic oxidation sites excluding steroid dienone is 1. The van der Waals surface area contributed by atoms with Gasteiger partial charge in [-0.2, -0.15) is 0 Å². The van der Waals surface area contributed by atoms with Crippen LogP contribution < -0.4 is 10.9 Å². The summed E-state index contributed by atoms with van der Waals surface area (Å²) in [4.78, 5) is 39.5. The molecule has 1 atom stereocenters. The van der Waals surface area contributed by atoms with Crippen LogP contribution >= 0.6 is 0 Å². The van der Waals surface area contributed by atoms with Crippen molar-refractivity contribution in [2.45, 2.75) is 32.4 Å². The third-order valence-electron chi connectivity index (χ3n) is 3.55. The molecule has 7 heteroatoms. The van der Waals surface area contributed by atoms with Gasteiger partial charge in [0.1, 0.15) is 6.04 Å². The van der Waals surface area contributed by atoms with Crippen LogP contribution in [0.3, 0.4) is 0 Å². The normalized spacial score (nSPS) is 12.4. The van der Waals surface area contributed by atoms with E-state index in [0.717, 1.165) is 0 Å². The number of aromatic nitrogens is 2. The number of aliphatic carboxylic acids is 1. The van der Waals surface area contributed by atoms with Gasteiger partial charge in [0.05, 0.1) is 17.2 Å². The molecule has 2 rings (SSSR count). The van der Waals surface area contributed by atoms with E-state index >= 15 is 0 Å². The van der Waals surface area contributed by atoms with E-state index in [1.807, 2.05) is 0 Å². The number of nitrogens with zero attached hydrogens (tertiary/aromatic N) is 2. The highest BCUT2D eigenvalue weighted by molar-refractivity contribution is 5.83. The molecule has 1 heterocycles. The number of fused-ring (bicyclic) bond motifs is 1. The van der Waals surface area contributed by atoms with Crippen LogP contribution in [0.2, 0.25) is 0 Å². The van der Waals surface area contributed by atoms with Gasteiger partial charge in [-0.05, 0) is 25.5 Å². The van der Waals surface area contributed by atoms with Crippen molar-refractivity contribution in [2.75, 3.05) is 0 Å². The van der Waals surface area contributed by atoms with E-state index in [1.165, 1.54) is 10.9 Å². The second kappa shape index (κ2) is 8.05. The van der Waals surface area contributed by atoms with E-state index in [9.17, 15) is 14.4 Å². The average Bonchev–Trinajstić information content (AvgIpc) is 2.58. The van der Waals surface area contributed by atoms with Crippen LogP contribution in [-0.4, -0.2) is 32.6 Å². The Bertz CT molecular complexity index is 826. The number of aryl methyl sites for hydroxylation is 1. The summed E-state index contributed by atoms with van der Waals surface area (Å²) in [7, 11) is 0. The number of para-hydroxylation sites is 1. The molecular weight excluding hydrogens is 310 g/mol. The van der Waals surface area contributed by atoms with Crippen LogP contribution in [0.4, 0.5) is 0 Å². The highest BCUT2D eigenvalue weighted by Gasteiger charge is 2.18. The van der Waals surface area contributed by atoms with Gasteiger partial charge in [0.2, 0.25) is 5.91 Å². The summed E-state index contributed by atoms with van der Waals surface area (Å²) in [6.45, 7) is 1.92. The zero-order valence-corrected chi connectivity index (χ0v) is 13.3. The zero-order valence-electron chi connectivity index (χ0n) is 13.3. The van der Waals surface area contributed by atoms with E-state index < -0.39 is 17.9 Å². The van der Waals surface area contributed by atoms with E-state index in [2.05, 4.69) is 10.3 Å². The molecule has 1 aromatic carbocycles. The Hall–Kier alpha value is -2.96. The predicted octanol–water partition coefficient (Wildman–Crippen LogP) is 1.32. The number of amides is 1. The van der Waals surface area contributed by atoms with Crippen LogP contribution in [0.15, 0.2) is 47.5 Å². The average molecular weight is 329 g/mol. The number of benzene rings is 1. The Labute approximate surface area is 138 Å². The van der Waals surface area contributed by atoms with Crippen molar-refractivity contribution in [3.05, 3.63) is 53.1 Å². The minimum Gasteiger partial charge on any atom is -0.480 e. The first-order valence-corrected chi connectivity index (χ1v) is 7.60. The van der Waals surface area contributed by atoms with Gasteiger partial charge >= 0.3 is 5.97 Å². The van der Waals surface area contributed by atoms with E-state index in [0.29, 0.717) is 10.9 Å². The molecule has 0 aliphatic carbocycles. The van der Waals surface area contributed by atoms with Crippen molar-refractivity contribution < 1.29 is 14.7 Å². The van der Waals surface area contributed by atoms with Gasteiger partial charge in [0.15, 0.2) is 0 Å². The minimum absolute atomic E-state index is 0.000450. The van der Waals surface area contributed by atoms with E-state index in [1.54, 1.807) is 43.3 Å². The van der Waals surface area contributed by atoms with Gasteiger partial charge in [-0.15, -0.1) is 0 Å². The zero-order chi connectivity index (χ0) is 17.5. The van der Waals surface area contributed by atoms with Crippen LogP contribution in [-0.2, 0) is 16.1 Å². The smallest absolute Gasteiger partial charge is 0.326 e. The molecule has 0 aliphatic heterocycles. The number of rotatable bonds is 7. The molecule has 1 unspecified atom stereocenters. The quantitative estimate of drug-likeness (QED) is 0.746. The molecule has 0 bridgehead atoms.